The molecule has 1 heterocycles. The van der Waals surface area contributed by atoms with E-state index in [1.807, 2.05) is 0 Å². The molecule has 11 heavy (non-hydrogen) atoms. The second-order valence-electron chi connectivity index (χ2n) is 3.36. The van der Waals surface area contributed by atoms with Crippen molar-refractivity contribution >= 4 is 5.97 Å². The first-order valence-electron chi connectivity index (χ1n) is 3.72. The Bertz CT molecular complexity index is 203. The Balaban J connectivity index is 2.25. The minimum atomic E-state index is -1.39. The monoisotopic (exact) mass is 158 g/mol. The number of ether oxygens (including phenoxy) is 1. The van der Waals surface area contributed by atoms with Gasteiger partial charge in [-0.05, 0) is 0 Å². The minimum absolute atomic E-state index is 0.127. The number of aliphatic hydroxyl groups excluding tert-OH is 1. The molecule has 2 aliphatic rings. The first-order valence-corrected chi connectivity index (χ1v) is 3.72. The van der Waals surface area contributed by atoms with Crippen LogP contribution in [-0.2, 0) is 9.53 Å². The van der Waals surface area contributed by atoms with Crippen molar-refractivity contribution in [2.45, 2.75) is 37.1 Å². The van der Waals surface area contributed by atoms with Crippen LogP contribution in [0.15, 0.2) is 0 Å². The van der Waals surface area contributed by atoms with Gasteiger partial charge in [-0.1, -0.05) is 0 Å². The normalized spacial score (nSPS) is 49.1. The molecule has 1 saturated heterocycles. The number of rotatable bonds is 0. The second kappa shape index (κ2) is 1.95. The molecule has 0 radical (unpaired) electrons. The first-order chi connectivity index (χ1) is 5.10. The maximum Gasteiger partial charge on any atom is 0.338 e. The summed E-state index contributed by atoms with van der Waals surface area (Å²) < 4.78 is 4.81. The van der Waals surface area contributed by atoms with E-state index >= 15 is 0 Å². The van der Waals surface area contributed by atoms with E-state index in [0.29, 0.717) is 12.8 Å². The van der Waals surface area contributed by atoms with Gasteiger partial charge in [-0.3, -0.25) is 0 Å². The summed E-state index contributed by atoms with van der Waals surface area (Å²) in [4.78, 5) is 10.9. The third kappa shape index (κ3) is 0.937. The highest BCUT2D eigenvalue weighted by atomic mass is 16.6. The summed E-state index contributed by atoms with van der Waals surface area (Å²) in [5, 5.41) is 18.7. The zero-order valence-electron chi connectivity index (χ0n) is 5.99. The van der Waals surface area contributed by atoms with E-state index in [-0.39, 0.29) is 12.5 Å². The van der Waals surface area contributed by atoms with Crippen LogP contribution in [0.3, 0.4) is 0 Å². The van der Waals surface area contributed by atoms with Crippen LogP contribution in [-0.4, -0.2) is 34.0 Å². The molecule has 2 fully saturated rings. The summed E-state index contributed by atoms with van der Waals surface area (Å²) in [7, 11) is 0. The molecule has 1 unspecified atom stereocenters. The third-order valence-corrected chi connectivity index (χ3v) is 2.33. The number of hydrogen-bond donors (Lipinski definition) is 2. The summed E-state index contributed by atoms with van der Waals surface area (Å²) in [5.41, 5.74) is -1.39. The molecule has 62 valence electrons. The van der Waals surface area contributed by atoms with E-state index in [1.165, 1.54) is 0 Å². The van der Waals surface area contributed by atoms with Crippen molar-refractivity contribution in [2.24, 2.45) is 0 Å². The molecular formula is C7H10O4. The summed E-state index contributed by atoms with van der Waals surface area (Å²) in [6, 6.07) is 0. The summed E-state index contributed by atoms with van der Waals surface area (Å²) in [5.74, 6) is -0.570. The molecule has 2 N–H and O–H groups in total. The zero-order valence-corrected chi connectivity index (χ0v) is 5.99. The van der Waals surface area contributed by atoms with E-state index in [4.69, 9.17) is 4.74 Å². The Labute approximate surface area is 63.8 Å². The average molecular weight is 158 g/mol. The summed E-state index contributed by atoms with van der Waals surface area (Å²) in [6.07, 6.45) is 0.0840. The van der Waals surface area contributed by atoms with E-state index in [1.54, 1.807) is 0 Å². The maximum absolute atomic E-state index is 10.9. The van der Waals surface area contributed by atoms with Gasteiger partial charge in [0.05, 0.1) is 6.10 Å². The van der Waals surface area contributed by atoms with Gasteiger partial charge in [-0.2, -0.15) is 0 Å². The first kappa shape index (κ1) is 7.06. The Hall–Kier alpha value is -0.610. The molecule has 1 aliphatic heterocycles. The van der Waals surface area contributed by atoms with Crippen LogP contribution in [0.5, 0.6) is 0 Å². The van der Waals surface area contributed by atoms with Crippen LogP contribution in [0, 0.1) is 0 Å². The van der Waals surface area contributed by atoms with Crippen molar-refractivity contribution in [3.8, 4) is 0 Å². The molecule has 1 saturated carbocycles. The molecule has 0 spiro atoms. The van der Waals surface area contributed by atoms with Crippen molar-refractivity contribution in [1.29, 1.82) is 0 Å². The number of carbonyl (C=O) groups is 1. The molecule has 2 bridgehead atoms. The fourth-order valence-electron chi connectivity index (χ4n) is 1.84. The van der Waals surface area contributed by atoms with Gasteiger partial charge < -0.3 is 14.9 Å². The van der Waals surface area contributed by atoms with Crippen LogP contribution in [0.2, 0.25) is 0 Å². The van der Waals surface area contributed by atoms with E-state index < -0.39 is 17.7 Å². The predicted molar refractivity (Wildman–Crippen MR) is 34.7 cm³/mol. The quantitative estimate of drug-likeness (QED) is 0.452. The van der Waals surface area contributed by atoms with Crippen LogP contribution in [0.1, 0.15) is 19.3 Å². The van der Waals surface area contributed by atoms with Gasteiger partial charge in [0.1, 0.15) is 6.10 Å². The molecule has 4 heteroatoms. The molecular weight excluding hydrogens is 148 g/mol. The van der Waals surface area contributed by atoms with E-state index in [0.717, 1.165) is 0 Å². The van der Waals surface area contributed by atoms with Crippen LogP contribution < -0.4 is 0 Å². The smallest absolute Gasteiger partial charge is 0.338 e. The SMILES string of the molecule is O=C1O[C@@H]2C[C@@H](O)CC1(O)C2. The van der Waals surface area contributed by atoms with Gasteiger partial charge in [0.25, 0.3) is 0 Å². The predicted octanol–water partition coefficient (Wildman–Crippen LogP) is -0.812. The van der Waals surface area contributed by atoms with E-state index in [9.17, 15) is 15.0 Å². The lowest BCUT2D eigenvalue weighted by Gasteiger charge is -2.25. The van der Waals surface area contributed by atoms with Crippen LogP contribution >= 0.6 is 0 Å². The lowest BCUT2D eigenvalue weighted by molar-refractivity contribution is -0.154. The minimum Gasteiger partial charge on any atom is -0.460 e. The fourth-order valence-corrected chi connectivity index (χ4v) is 1.84. The summed E-state index contributed by atoms with van der Waals surface area (Å²) in [6.45, 7) is 0. The van der Waals surface area contributed by atoms with Crippen LogP contribution in [0.25, 0.3) is 0 Å². The average Bonchev–Trinajstić information content (AvgIpc) is 2.02. The molecule has 4 nitrogen and oxygen atoms in total. The Morgan fingerprint density at radius 2 is 2.27 bits per heavy atom. The largest absolute Gasteiger partial charge is 0.460 e. The second-order valence-corrected chi connectivity index (χ2v) is 3.36. The lowest BCUT2D eigenvalue weighted by Crippen LogP contribution is -2.40. The Morgan fingerprint density at radius 1 is 1.55 bits per heavy atom. The van der Waals surface area contributed by atoms with Gasteiger partial charge in [0, 0.05) is 19.3 Å². The molecule has 0 aromatic carbocycles. The maximum atomic E-state index is 10.9. The highest BCUT2D eigenvalue weighted by Crippen LogP contribution is 2.37. The molecule has 0 aromatic heterocycles. The standard InChI is InChI=1S/C7H10O4/c8-4-1-5-3-7(10,2-4)6(9)11-5/h4-5,8,10H,1-3H2/t4-,5-,7?/m1/s1. The number of hydrogen-bond acceptors (Lipinski definition) is 4. The van der Waals surface area contributed by atoms with Crippen molar-refractivity contribution in [3.63, 3.8) is 0 Å². The van der Waals surface area contributed by atoms with Crippen molar-refractivity contribution in [1.82, 2.24) is 0 Å². The van der Waals surface area contributed by atoms with Gasteiger partial charge in [-0.15, -0.1) is 0 Å². The number of carbonyl (C=O) groups excluding carboxylic acids is 1. The number of fused-ring (bicyclic) bond motifs is 2. The van der Waals surface area contributed by atoms with Crippen molar-refractivity contribution < 1.29 is 19.7 Å². The van der Waals surface area contributed by atoms with E-state index in [2.05, 4.69) is 0 Å². The Morgan fingerprint density at radius 3 is 2.91 bits per heavy atom. The highest BCUT2D eigenvalue weighted by Gasteiger charge is 2.52. The van der Waals surface area contributed by atoms with Gasteiger partial charge in [-0.25, -0.2) is 4.79 Å². The fraction of sp³-hybridized carbons (Fsp3) is 0.857. The molecule has 3 atom stereocenters. The zero-order chi connectivity index (χ0) is 8.06. The summed E-state index contributed by atoms with van der Waals surface area (Å²) >= 11 is 0. The van der Waals surface area contributed by atoms with Gasteiger partial charge in [0.2, 0.25) is 0 Å². The molecule has 0 aromatic rings. The van der Waals surface area contributed by atoms with Crippen LogP contribution in [0.4, 0.5) is 0 Å². The topological polar surface area (TPSA) is 66.8 Å². The van der Waals surface area contributed by atoms with Crippen molar-refractivity contribution in [3.05, 3.63) is 0 Å². The molecule has 2 rings (SSSR count). The van der Waals surface area contributed by atoms with Gasteiger partial charge in [0.15, 0.2) is 5.60 Å². The third-order valence-electron chi connectivity index (χ3n) is 2.33. The van der Waals surface area contributed by atoms with Gasteiger partial charge >= 0.3 is 5.97 Å². The Kier molecular flexibility index (Phi) is 1.25. The highest BCUT2D eigenvalue weighted by molar-refractivity contribution is 5.82. The number of esters is 1. The molecule has 0 amide bonds. The van der Waals surface area contributed by atoms with Crippen molar-refractivity contribution in [2.75, 3.05) is 0 Å². The number of aliphatic hydroxyl groups is 2. The lowest BCUT2D eigenvalue weighted by atomic mass is 9.84. The molecule has 1 aliphatic carbocycles.